The maximum Gasteiger partial charge on any atom is 0.345 e. The fourth-order valence-corrected chi connectivity index (χ4v) is 2.48. The zero-order chi connectivity index (χ0) is 14.1. The number of nitrogens with one attached hydrogen (secondary N) is 1. The van der Waals surface area contributed by atoms with E-state index in [-0.39, 0.29) is 5.69 Å². The molecular formula is C17H16N2O. The number of rotatable bonds is 2. The van der Waals surface area contributed by atoms with Crippen LogP contribution in [0.1, 0.15) is 25.3 Å². The molecule has 1 aromatic heterocycles. The number of nitrogens with zero attached hydrogens (tertiary/aromatic N) is 1. The Labute approximate surface area is 117 Å². The average molecular weight is 264 g/mol. The van der Waals surface area contributed by atoms with Crippen molar-refractivity contribution in [2.24, 2.45) is 0 Å². The second-order valence-corrected chi connectivity index (χ2v) is 5.23. The van der Waals surface area contributed by atoms with Crippen molar-refractivity contribution in [1.82, 2.24) is 9.97 Å². The summed E-state index contributed by atoms with van der Waals surface area (Å²) in [6, 6.07) is 14.5. The Bertz CT molecular complexity index is 818. The molecule has 3 heteroatoms. The fourth-order valence-electron chi connectivity index (χ4n) is 2.48. The summed E-state index contributed by atoms with van der Waals surface area (Å²) in [6.45, 7) is 4.37. The molecule has 0 fully saturated rings. The van der Waals surface area contributed by atoms with Gasteiger partial charge in [0.05, 0.1) is 5.52 Å². The van der Waals surface area contributed by atoms with Gasteiger partial charge in [-0.2, -0.15) is 0 Å². The van der Waals surface area contributed by atoms with Gasteiger partial charge in [0.1, 0.15) is 0 Å². The molecule has 0 amide bonds. The smallest absolute Gasteiger partial charge is 0.305 e. The van der Waals surface area contributed by atoms with Crippen LogP contribution >= 0.6 is 0 Å². The van der Waals surface area contributed by atoms with Gasteiger partial charge >= 0.3 is 5.69 Å². The Kier molecular flexibility index (Phi) is 3.11. The molecule has 1 heterocycles. The van der Waals surface area contributed by atoms with Gasteiger partial charge in [0.15, 0.2) is 0 Å². The van der Waals surface area contributed by atoms with Crippen LogP contribution in [0.3, 0.4) is 0 Å². The minimum Gasteiger partial charge on any atom is -0.305 e. The van der Waals surface area contributed by atoms with Gasteiger partial charge in [0.2, 0.25) is 0 Å². The summed E-state index contributed by atoms with van der Waals surface area (Å²) < 4.78 is 0. The maximum absolute atomic E-state index is 11.3. The summed E-state index contributed by atoms with van der Waals surface area (Å²) in [7, 11) is 0. The zero-order valence-electron chi connectivity index (χ0n) is 11.6. The SMILES string of the molecule is CC(C)c1ccccc1-c1ccc2cnc(=O)[nH]c2c1. The van der Waals surface area contributed by atoms with Gasteiger partial charge in [-0.1, -0.05) is 50.2 Å². The van der Waals surface area contributed by atoms with Crippen LogP contribution < -0.4 is 5.69 Å². The van der Waals surface area contributed by atoms with Gasteiger partial charge in [-0.05, 0) is 28.7 Å². The molecule has 3 aromatic rings. The van der Waals surface area contributed by atoms with Gasteiger partial charge in [0, 0.05) is 11.6 Å². The largest absolute Gasteiger partial charge is 0.345 e. The first-order valence-electron chi connectivity index (χ1n) is 6.73. The van der Waals surface area contributed by atoms with E-state index in [4.69, 9.17) is 0 Å². The molecule has 0 radical (unpaired) electrons. The van der Waals surface area contributed by atoms with E-state index in [1.165, 1.54) is 11.1 Å². The Balaban J connectivity index is 2.22. The molecule has 0 aliphatic carbocycles. The predicted octanol–water partition coefficient (Wildman–Crippen LogP) is 3.71. The minimum absolute atomic E-state index is 0.313. The Hall–Kier alpha value is -2.42. The predicted molar refractivity (Wildman–Crippen MR) is 81.9 cm³/mol. The first-order chi connectivity index (χ1) is 9.65. The minimum atomic E-state index is -0.313. The molecule has 0 unspecified atom stereocenters. The third-order valence-electron chi connectivity index (χ3n) is 3.51. The van der Waals surface area contributed by atoms with Crippen molar-refractivity contribution in [1.29, 1.82) is 0 Å². The van der Waals surface area contributed by atoms with E-state index in [0.29, 0.717) is 5.92 Å². The summed E-state index contributed by atoms with van der Waals surface area (Å²) in [5.74, 6) is 0.457. The Morgan fingerprint density at radius 3 is 2.70 bits per heavy atom. The molecule has 3 nitrogen and oxygen atoms in total. The van der Waals surface area contributed by atoms with Gasteiger partial charge < -0.3 is 4.98 Å². The normalized spacial score (nSPS) is 11.2. The fraction of sp³-hybridized carbons (Fsp3) is 0.176. The number of fused-ring (bicyclic) bond motifs is 1. The third kappa shape index (κ3) is 2.23. The lowest BCUT2D eigenvalue weighted by Crippen LogP contribution is -2.08. The van der Waals surface area contributed by atoms with Crippen LogP contribution in [0.15, 0.2) is 53.5 Å². The molecule has 20 heavy (non-hydrogen) atoms. The van der Waals surface area contributed by atoms with Crippen LogP contribution in [0.2, 0.25) is 0 Å². The van der Waals surface area contributed by atoms with Crippen molar-refractivity contribution in [3.8, 4) is 11.1 Å². The Morgan fingerprint density at radius 2 is 1.90 bits per heavy atom. The lowest BCUT2D eigenvalue weighted by Gasteiger charge is -2.13. The quantitative estimate of drug-likeness (QED) is 0.766. The van der Waals surface area contributed by atoms with Crippen LogP contribution in [-0.2, 0) is 0 Å². The van der Waals surface area contributed by atoms with Crippen LogP contribution in [0.25, 0.3) is 22.0 Å². The molecule has 0 bridgehead atoms. The van der Waals surface area contributed by atoms with Gasteiger partial charge in [-0.25, -0.2) is 9.78 Å². The number of benzene rings is 2. The number of hydrogen-bond donors (Lipinski definition) is 1. The highest BCUT2D eigenvalue weighted by Gasteiger charge is 2.08. The van der Waals surface area contributed by atoms with Crippen LogP contribution in [0.4, 0.5) is 0 Å². The van der Waals surface area contributed by atoms with Crippen molar-refractivity contribution in [3.05, 3.63) is 64.7 Å². The van der Waals surface area contributed by atoms with E-state index in [9.17, 15) is 4.79 Å². The molecular weight excluding hydrogens is 248 g/mol. The number of H-pyrrole nitrogens is 1. The van der Waals surface area contributed by atoms with E-state index < -0.39 is 0 Å². The molecule has 0 saturated carbocycles. The van der Waals surface area contributed by atoms with Crippen molar-refractivity contribution < 1.29 is 0 Å². The lowest BCUT2D eigenvalue weighted by atomic mass is 9.92. The van der Waals surface area contributed by atoms with Crippen LogP contribution in [0.5, 0.6) is 0 Å². The number of hydrogen-bond acceptors (Lipinski definition) is 2. The highest BCUT2D eigenvalue weighted by atomic mass is 16.1. The lowest BCUT2D eigenvalue weighted by molar-refractivity contribution is 0.869. The van der Waals surface area contributed by atoms with E-state index in [0.717, 1.165) is 16.5 Å². The highest BCUT2D eigenvalue weighted by molar-refractivity contribution is 5.84. The first kappa shape index (κ1) is 12.6. The summed E-state index contributed by atoms with van der Waals surface area (Å²) in [6.07, 6.45) is 1.60. The highest BCUT2D eigenvalue weighted by Crippen LogP contribution is 2.30. The van der Waals surface area contributed by atoms with E-state index in [1.54, 1.807) is 6.20 Å². The first-order valence-corrected chi connectivity index (χ1v) is 6.73. The van der Waals surface area contributed by atoms with E-state index >= 15 is 0 Å². The molecule has 3 rings (SSSR count). The molecule has 0 atom stereocenters. The van der Waals surface area contributed by atoms with Crippen molar-refractivity contribution in [3.63, 3.8) is 0 Å². The maximum atomic E-state index is 11.3. The van der Waals surface area contributed by atoms with Crippen LogP contribution in [0, 0.1) is 0 Å². The average Bonchev–Trinajstić information content (AvgIpc) is 2.46. The summed E-state index contributed by atoms with van der Waals surface area (Å²) in [5.41, 5.74) is 4.14. The third-order valence-corrected chi connectivity index (χ3v) is 3.51. The van der Waals surface area contributed by atoms with Gasteiger partial charge in [0.25, 0.3) is 0 Å². The van der Waals surface area contributed by atoms with Gasteiger partial charge in [-0.15, -0.1) is 0 Å². The standard InChI is InChI=1S/C17H16N2O/c1-11(2)14-5-3-4-6-15(14)12-7-8-13-10-18-17(20)19-16(13)9-12/h3-11H,1-2H3,(H,18,19,20). The monoisotopic (exact) mass is 264 g/mol. The number of aromatic nitrogens is 2. The molecule has 100 valence electrons. The second kappa shape index (κ2) is 4.93. The molecule has 0 aliphatic rings. The van der Waals surface area contributed by atoms with Crippen molar-refractivity contribution in [2.75, 3.05) is 0 Å². The summed E-state index contributed by atoms with van der Waals surface area (Å²) in [4.78, 5) is 17.9. The van der Waals surface area contributed by atoms with E-state index in [1.807, 2.05) is 18.2 Å². The molecule has 0 spiro atoms. The van der Waals surface area contributed by atoms with E-state index in [2.05, 4.69) is 48.1 Å². The molecule has 0 saturated heterocycles. The Morgan fingerprint density at radius 1 is 1.10 bits per heavy atom. The molecule has 2 aromatic carbocycles. The molecule has 0 aliphatic heterocycles. The topological polar surface area (TPSA) is 45.8 Å². The number of aromatic amines is 1. The molecule has 1 N–H and O–H groups in total. The zero-order valence-corrected chi connectivity index (χ0v) is 11.6. The van der Waals surface area contributed by atoms with Gasteiger partial charge in [-0.3, -0.25) is 0 Å². The summed E-state index contributed by atoms with van der Waals surface area (Å²) >= 11 is 0. The summed E-state index contributed by atoms with van der Waals surface area (Å²) in [5, 5.41) is 0.940. The van der Waals surface area contributed by atoms with Crippen molar-refractivity contribution in [2.45, 2.75) is 19.8 Å². The van der Waals surface area contributed by atoms with Crippen LogP contribution in [-0.4, -0.2) is 9.97 Å². The van der Waals surface area contributed by atoms with Crippen molar-refractivity contribution >= 4 is 10.9 Å². The second-order valence-electron chi connectivity index (χ2n) is 5.23.